The number of nitrogens with zero attached hydrogens (tertiary/aromatic N) is 1. The molecule has 0 spiro atoms. The fraction of sp³-hybridized carbons (Fsp3) is 0.0833. The van der Waals surface area contributed by atoms with Gasteiger partial charge in [-0.15, -0.1) is 0 Å². The first-order valence-corrected chi connectivity index (χ1v) is 7.75. The van der Waals surface area contributed by atoms with Crippen LogP contribution in [0.3, 0.4) is 0 Å². The Hall–Kier alpha value is -1.50. The average molecular weight is 332 g/mol. The molecule has 106 valence electrons. The van der Waals surface area contributed by atoms with E-state index in [1.807, 2.05) is 0 Å². The van der Waals surface area contributed by atoms with Gasteiger partial charge in [0.2, 0.25) is 0 Å². The summed E-state index contributed by atoms with van der Waals surface area (Å²) in [6.07, 6.45) is 1.49. The Kier molecular flexibility index (Phi) is 4.08. The third kappa shape index (κ3) is 2.82. The zero-order chi connectivity index (χ0) is 14.9. The summed E-state index contributed by atoms with van der Waals surface area (Å²) in [5.74, 6) is 0.233. The van der Waals surface area contributed by atoms with Crippen LogP contribution in [0, 0.1) is 6.92 Å². The highest BCUT2D eigenvalue weighted by Crippen LogP contribution is 2.33. The molecule has 0 aliphatic rings. The molecule has 0 bridgehead atoms. The van der Waals surface area contributed by atoms with E-state index in [1.54, 1.807) is 19.1 Å². The van der Waals surface area contributed by atoms with Gasteiger partial charge in [0.15, 0.2) is 0 Å². The molecule has 0 aliphatic heterocycles. The van der Waals surface area contributed by atoms with Crippen LogP contribution in [-0.2, 0) is 10.0 Å². The van der Waals surface area contributed by atoms with Gasteiger partial charge < -0.3 is 5.73 Å². The molecule has 3 N–H and O–H groups in total. The van der Waals surface area contributed by atoms with Crippen molar-refractivity contribution in [3.63, 3.8) is 0 Å². The lowest BCUT2D eigenvalue weighted by Gasteiger charge is -2.12. The van der Waals surface area contributed by atoms with Gasteiger partial charge in [-0.3, -0.25) is 4.72 Å². The van der Waals surface area contributed by atoms with Crippen molar-refractivity contribution in [2.45, 2.75) is 11.8 Å². The fourth-order valence-corrected chi connectivity index (χ4v) is 3.38. The highest BCUT2D eigenvalue weighted by Gasteiger charge is 2.21. The Labute approximate surface area is 126 Å². The summed E-state index contributed by atoms with van der Waals surface area (Å²) in [5, 5.41) is 0.0848. The van der Waals surface area contributed by atoms with Crippen LogP contribution in [0.1, 0.15) is 5.56 Å². The van der Waals surface area contributed by atoms with Crippen LogP contribution in [0.25, 0.3) is 0 Å². The molecule has 1 aromatic heterocycles. The summed E-state index contributed by atoms with van der Waals surface area (Å²) >= 11 is 11.7. The predicted octanol–water partition coefficient (Wildman–Crippen LogP) is 3.08. The molecule has 0 unspecified atom stereocenters. The molecule has 2 aromatic rings. The van der Waals surface area contributed by atoms with Crippen LogP contribution >= 0.6 is 23.2 Å². The summed E-state index contributed by atoms with van der Waals surface area (Å²) in [6.45, 7) is 1.74. The van der Waals surface area contributed by atoms with Crippen molar-refractivity contribution in [1.82, 2.24) is 4.98 Å². The van der Waals surface area contributed by atoms with E-state index in [0.29, 0.717) is 5.56 Å². The molecule has 0 amide bonds. The largest absolute Gasteiger partial charge is 0.396 e. The summed E-state index contributed by atoms with van der Waals surface area (Å²) < 4.78 is 27.0. The van der Waals surface area contributed by atoms with Crippen molar-refractivity contribution < 1.29 is 8.42 Å². The number of anilines is 2. The molecular weight excluding hydrogens is 321 g/mol. The topological polar surface area (TPSA) is 85.1 Å². The molecule has 5 nitrogen and oxygen atoms in total. The number of nitrogens with two attached hydrogens (primary N) is 1. The van der Waals surface area contributed by atoms with Gasteiger partial charge in [0.05, 0.1) is 15.7 Å². The standard InChI is InChI=1S/C12H11Cl2N3O2S/c1-7-3-2-6-16-12(7)17-20(18,19)9-5-4-8(13)11(15)10(9)14/h2-6H,15H2,1H3,(H,16,17). The SMILES string of the molecule is Cc1cccnc1NS(=O)(=O)c1ccc(Cl)c(N)c1Cl. The minimum Gasteiger partial charge on any atom is -0.396 e. The van der Waals surface area contributed by atoms with Crippen LogP contribution in [0.2, 0.25) is 10.0 Å². The quantitative estimate of drug-likeness (QED) is 0.846. The summed E-state index contributed by atoms with van der Waals surface area (Å²) in [5.41, 5.74) is 6.34. The van der Waals surface area contributed by atoms with Crippen molar-refractivity contribution >= 4 is 44.7 Å². The second-order valence-electron chi connectivity index (χ2n) is 4.05. The molecule has 0 saturated carbocycles. The van der Waals surface area contributed by atoms with Gasteiger partial charge in [0.1, 0.15) is 10.7 Å². The van der Waals surface area contributed by atoms with Crippen LogP contribution in [-0.4, -0.2) is 13.4 Å². The van der Waals surface area contributed by atoms with Gasteiger partial charge in [0, 0.05) is 6.20 Å². The van der Waals surface area contributed by atoms with Gasteiger partial charge >= 0.3 is 0 Å². The number of hydrogen-bond donors (Lipinski definition) is 2. The van der Waals surface area contributed by atoms with E-state index in [2.05, 4.69) is 9.71 Å². The van der Waals surface area contributed by atoms with Gasteiger partial charge in [-0.25, -0.2) is 13.4 Å². The summed E-state index contributed by atoms with van der Waals surface area (Å²) in [4.78, 5) is 3.82. The van der Waals surface area contributed by atoms with E-state index in [-0.39, 0.29) is 26.4 Å². The molecule has 0 saturated heterocycles. The summed E-state index contributed by atoms with van der Waals surface area (Å²) in [7, 11) is -3.89. The minimum atomic E-state index is -3.89. The molecule has 0 fully saturated rings. The van der Waals surface area contributed by atoms with Crippen molar-refractivity contribution in [3.05, 3.63) is 46.1 Å². The number of nitrogen functional groups attached to an aromatic ring is 1. The third-order valence-corrected chi connectivity index (χ3v) is 4.85. The first-order valence-electron chi connectivity index (χ1n) is 5.51. The first-order chi connectivity index (χ1) is 9.33. The maximum absolute atomic E-state index is 12.3. The normalized spacial score (nSPS) is 11.3. The van der Waals surface area contributed by atoms with E-state index in [4.69, 9.17) is 28.9 Å². The molecule has 2 rings (SSSR count). The average Bonchev–Trinajstić information content (AvgIpc) is 2.38. The Morgan fingerprint density at radius 2 is 1.95 bits per heavy atom. The molecule has 20 heavy (non-hydrogen) atoms. The molecule has 0 atom stereocenters. The van der Waals surface area contributed by atoms with E-state index < -0.39 is 10.0 Å². The van der Waals surface area contributed by atoms with E-state index >= 15 is 0 Å². The van der Waals surface area contributed by atoms with Gasteiger partial charge in [-0.1, -0.05) is 29.3 Å². The van der Waals surface area contributed by atoms with Crippen molar-refractivity contribution in [1.29, 1.82) is 0 Å². The first kappa shape index (κ1) is 14.9. The fourth-order valence-electron chi connectivity index (χ4n) is 1.53. The van der Waals surface area contributed by atoms with E-state index in [0.717, 1.165) is 0 Å². The van der Waals surface area contributed by atoms with Crippen molar-refractivity contribution in [2.75, 3.05) is 10.5 Å². The second kappa shape index (κ2) is 5.47. The monoisotopic (exact) mass is 331 g/mol. The number of aromatic nitrogens is 1. The second-order valence-corrected chi connectivity index (χ2v) is 6.48. The molecule has 0 radical (unpaired) electrons. The summed E-state index contributed by atoms with van der Waals surface area (Å²) in [6, 6.07) is 6.12. The predicted molar refractivity (Wildman–Crippen MR) is 80.7 cm³/mol. The Bertz CT molecular complexity index is 763. The highest BCUT2D eigenvalue weighted by atomic mass is 35.5. The molecule has 8 heteroatoms. The maximum atomic E-state index is 12.3. The zero-order valence-corrected chi connectivity index (χ0v) is 12.7. The van der Waals surface area contributed by atoms with Crippen molar-refractivity contribution in [2.24, 2.45) is 0 Å². The molecule has 1 aromatic carbocycles. The number of aryl methyl sites for hydroxylation is 1. The lowest BCUT2D eigenvalue weighted by molar-refractivity contribution is 0.601. The Morgan fingerprint density at radius 1 is 1.25 bits per heavy atom. The zero-order valence-electron chi connectivity index (χ0n) is 10.4. The molecular formula is C12H11Cl2N3O2S. The lowest BCUT2D eigenvalue weighted by atomic mass is 10.3. The van der Waals surface area contributed by atoms with Crippen LogP contribution in [0.5, 0.6) is 0 Å². The number of pyridine rings is 1. The number of rotatable bonds is 3. The number of sulfonamides is 1. The number of nitrogens with one attached hydrogen (secondary N) is 1. The molecule has 0 aliphatic carbocycles. The van der Waals surface area contributed by atoms with Crippen LogP contribution in [0.15, 0.2) is 35.4 Å². The highest BCUT2D eigenvalue weighted by molar-refractivity contribution is 7.92. The van der Waals surface area contributed by atoms with Crippen LogP contribution in [0.4, 0.5) is 11.5 Å². The Balaban J connectivity index is 2.47. The van der Waals surface area contributed by atoms with Gasteiger partial charge in [0.25, 0.3) is 10.0 Å². The Morgan fingerprint density at radius 3 is 2.60 bits per heavy atom. The third-order valence-electron chi connectivity index (χ3n) is 2.62. The minimum absolute atomic E-state index is 0.0222. The van der Waals surface area contributed by atoms with Gasteiger partial charge in [-0.2, -0.15) is 0 Å². The van der Waals surface area contributed by atoms with E-state index in [1.165, 1.54) is 18.3 Å². The van der Waals surface area contributed by atoms with E-state index in [9.17, 15) is 8.42 Å². The maximum Gasteiger partial charge on any atom is 0.264 e. The number of hydrogen-bond acceptors (Lipinski definition) is 4. The smallest absolute Gasteiger partial charge is 0.264 e. The lowest BCUT2D eigenvalue weighted by Crippen LogP contribution is -2.15. The molecule has 1 heterocycles. The van der Waals surface area contributed by atoms with Crippen molar-refractivity contribution in [3.8, 4) is 0 Å². The van der Waals surface area contributed by atoms with Crippen LogP contribution < -0.4 is 10.5 Å². The number of benzene rings is 1. The number of halogens is 2. The van der Waals surface area contributed by atoms with Gasteiger partial charge in [-0.05, 0) is 30.7 Å².